The summed E-state index contributed by atoms with van der Waals surface area (Å²) in [5.41, 5.74) is 0. The fraction of sp³-hybridized carbons (Fsp3) is 0.786. The summed E-state index contributed by atoms with van der Waals surface area (Å²) >= 11 is 0. The van der Waals surface area contributed by atoms with E-state index in [9.17, 15) is 19.8 Å². The maximum absolute atomic E-state index is 13.2. The molecule has 3 atom stereocenters. The third-order valence-electron chi connectivity index (χ3n) is 11.8. The molecule has 0 heterocycles. The number of aliphatic hydroxyl groups is 2. The Kier molecular flexibility index (Phi) is 47.6. The third-order valence-corrected chi connectivity index (χ3v) is 11.8. The molecule has 0 rings (SSSR count). The topological polar surface area (TPSA) is 95.9 Å². The van der Waals surface area contributed by atoms with E-state index in [1.54, 1.807) is 0 Å². The number of nitrogens with one attached hydrogen (secondary N) is 1. The zero-order chi connectivity index (χ0) is 45.2. The molecular formula is C56H101NO5. The van der Waals surface area contributed by atoms with Crippen molar-refractivity contribution < 1.29 is 24.5 Å². The van der Waals surface area contributed by atoms with E-state index in [1.807, 2.05) is 0 Å². The molecule has 6 nitrogen and oxygen atoms in total. The van der Waals surface area contributed by atoms with E-state index in [0.717, 1.165) is 89.9 Å². The Bertz CT molecular complexity index is 1110. The Hall–Kier alpha value is -2.44. The summed E-state index contributed by atoms with van der Waals surface area (Å²) in [5, 5.41) is 23.7. The van der Waals surface area contributed by atoms with Crippen molar-refractivity contribution in [3.63, 3.8) is 0 Å². The predicted octanol–water partition coefficient (Wildman–Crippen LogP) is 16.0. The Morgan fingerprint density at radius 2 is 0.823 bits per heavy atom. The summed E-state index contributed by atoms with van der Waals surface area (Å²) in [5.74, 6) is -0.516. The van der Waals surface area contributed by atoms with Gasteiger partial charge in [0, 0.05) is 6.42 Å². The molecule has 0 radical (unpaired) electrons. The van der Waals surface area contributed by atoms with Gasteiger partial charge in [0.15, 0.2) is 0 Å². The van der Waals surface area contributed by atoms with Crippen LogP contribution in [0.2, 0.25) is 0 Å². The number of rotatable bonds is 47. The standard InChI is InChI=1S/C56H101NO5/c1-4-7-10-13-16-19-22-24-25-26-27-28-29-31-34-37-40-43-46-49-56(61)62-52(47-44-41-38-35-33-30-23-20-17-14-11-8-5-2)50-55(60)57-53(51-58)54(59)48-45-42-39-36-32-21-18-15-12-9-6-3/h16,19-20,23-25,27-28,31,34,52-54,58-59H,4-15,17-18,21-22,26,29-30,32-33,35-51H2,1-3H3,(H,57,60)/b19-16-,23-20-,25-24-,28-27-,34-31-. The van der Waals surface area contributed by atoms with Gasteiger partial charge in [-0.1, -0.05) is 210 Å². The van der Waals surface area contributed by atoms with E-state index < -0.39 is 18.2 Å². The normalized spacial score (nSPS) is 13.7. The van der Waals surface area contributed by atoms with E-state index in [4.69, 9.17) is 4.74 Å². The molecule has 0 aliphatic heterocycles. The second-order valence-electron chi connectivity index (χ2n) is 17.9. The van der Waals surface area contributed by atoms with Crippen molar-refractivity contribution in [3.8, 4) is 0 Å². The van der Waals surface area contributed by atoms with Gasteiger partial charge in [-0.3, -0.25) is 9.59 Å². The second-order valence-corrected chi connectivity index (χ2v) is 17.9. The SMILES string of the molecule is CCCCC/C=C\C/C=C\C/C=C\C/C=C\CCCCCC(=O)OC(CCCCCCC/C=C\CCCCCC)CC(=O)NC(CO)C(O)CCCCCCCCCCCCC. The van der Waals surface area contributed by atoms with Crippen molar-refractivity contribution in [2.24, 2.45) is 0 Å². The highest BCUT2D eigenvalue weighted by atomic mass is 16.5. The number of aliphatic hydroxyl groups excluding tert-OH is 2. The molecule has 360 valence electrons. The van der Waals surface area contributed by atoms with Gasteiger partial charge in [0.05, 0.1) is 25.2 Å². The van der Waals surface area contributed by atoms with Crippen LogP contribution in [0.1, 0.15) is 258 Å². The zero-order valence-electron chi connectivity index (χ0n) is 41.0. The Morgan fingerprint density at radius 3 is 1.31 bits per heavy atom. The van der Waals surface area contributed by atoms with Crippen molar-refractivity contribution in [1.82, 2.24) is 5.32 Å². The quantitative estimate of drug-likeness (QED) is 0.0322. The lowest BCUT2D eigenvalue weighted by Crippen LogP contribution is -2.46. The van der Waals surface area contributed by atoms with Crippen molar-refractivity contribution >= 4 is 11.9 Å². The van der Waals surface area contributed by atoms with E-state index in [0.29, 0.717) is 19.3 Å². The van der Waals surface area contributed by atoms with Crippen LogP contribution in [0.3, 0.4) is 0 Å². The van der Waals surface area contributed by atoms with Gasteiger partial charge in [-0.2, -0.15) is 0 Å². The summed E-state index contributed by atoms with van der Waals surface area (Å²) in [6, 6.07) is -0.711. The first kappa shape index (κ1) is 59.6. The Morgan fingerprint density at radius 1 is 0.468 bits per heavy atom. The lowest BCUT2D eigenvalue weighted by Gasteiger charge is -2.24. The maximum Gasteiger partial charge on any atom is 0.306 e. The van der Waals surface area contributed by atoms with Crippen LogP contribution < -0.4 is 5.32 Å². The summed E-state index contributed by atoms with van der Waals surface area (Å²) in [6.45, 7) is 6.43. The minimum atomic E-state index is -0.796. The first-order chi connectivity index (χ1) is 30.5. The smallest absolute Gasteiger partial charge is 0.306 e. The lowest BCUT2D eigenvalue weighted by atomic mass is 10.0. The summed E-state index contributed by atoms with van der Waals surface area (Å²) in [4.78, 5) is 26.1. The van der Waals surface area contributed by atoms with E-state index >= 15 is 0 Å². The average Bonchev–Trinajstić information content (AvgIpc) is 3.26. The number of hydrogen-bond acceptors (Lipinski definition) is 5. The summed E-state index contributed by atoms with van der Waals surface area (Å²) in [6.07, 6.45) is 61.3. The maximum atomic E-state index is 13.2. The Balaban J connectivity index is 4.62. The van der Waals surface area contributed by atoms with Gasteiger partial charge in [0.2, 0.25) is 5.91 Å². The van der Waals surface area contributed by atoms with Gasteiger partial charge in [0.25, 0.3) is 0 Å². The zero-order valence-corrected chi connectivity index (χ0v) is 41.0. The number of carbonyl (C=O) groups excluding carboxylic acids is 2. The van der Waals surface area contributed by atoms with Crippen molar-refractivity contribution in [2.45, 2.75) is 277 Å². The molecule has 0 aromatic heterocycles. The van der Waals surface area contributed by atoms with Crippen molar-refractivity contribution in [1.29, 1.82) is 0 Å². The largest absolute Gasteiger partial charge is 0.462 e. The molecule has 3 unspecified atom stereocenters. The second kappa shape index (κ2) is 49.6. The van der Waals surface area contributed by atoms with Crippen LogP contribution in [0.25, 0.3) is 0 Å². The van der Waals surface area contributed by atoms with Crippen LogP contribution in [0, 0.1) is 0 Å². The molecule has 0 aliphatic rings. The number of hydrogen-bond donors (Lipinski definition) is 3. The highest BCUT2D eigenvalue weighted by Crippen LogP contribution is 2.17. The van der Waals surface area contributed by atoms with Crippen LogP contribution >= 0.6 is 0 Å². The highest BCUT2D eigenvalue weighted by molar-refractivity contribution is 5.77. The monoisotopic (exact) mass is 868 g/mol. The van der Waals surface area contributed by atoms with Crippen LogP contribution in [0.15, 0.2) is 60.8 Å². The molecule has 0 saturated heterocycles. The van der Waals surface area contributed by atoms with Gasteiger partial charge < -0.3 is 20.3 Å². The van der Waals surface area contributed by atoms with Gasteiger partial charge in [0.1, 0.15) is 6.10 Å². The van der Waals surface area contributed by atoms with Gasteiger partial charge in [-0.15, -0.1) is 0 Å². The summed E-state index contributed by atoms with van der Waals surface area (Å²) in [7, 11) is 0. The van der Waals surface area contributed by atoms with E-state index in [1.165, 1.54) is 122 Å². The lowest BCUT2D eigenvalue weighted by molar-refractivity contribution is -0.151. The molecular weight excluding hydrogens is 767 g/mol. The van der Waals surface area contributed by atoms with Crippen molar-refractivity contribution in [3.05, 3.63) is 60.8 Å². The van der Waals surface area contributed by atoms with Gasteiger partial charge in [-0.05, 0) is 96.3 Å². The van der Waals surface area contributed by atoms with Crippen LogP contribution in [0.4, 0.5) is 0 Å². The molecule has 0 aromatic rings. The van der Waals surface area contributed by atoms with E-state index in [-0.39, 0.29) is 24.9 Å². The number of allylic oxidation sites excluding steroid dienone is 10. The average molecular weight is 868 g/mol. The number of unbranched alkanes of at least 4 members (excludes halogenated alkanes) is 25. The molecule has 0 fully saturated rings. The molecule has 62 heavy (non-hydrogen) atoms. The molecule has 3 N–H and O–H groups in total. The molecule has 6 heteroatoms. The number of esters is 1. The summed E-state index contributed by atoms with van der Waals surface area (Å²) < 4.78 is 5.92. The van der Waals surface area contributed by atoms with Gasteiger partial charge in [-0.25, -0.2) is 0 Å². The van der Waals surface area contributed by atoms with Gasteiger partial charge >= 0.3 is 5.97 Å². The van der Waals surface area contributed by atoms with Crippen LogP contribution in [-0.4, -0.2) is 46.9 Å². The van der Waals surface area contributed by atoms with E-state index in [2.05, 4.69) is 86.8 Å². The van der Waals surface area contributed by atoms with Crippen molar-refractivity contribution in [2.75, 3.05) is 6.61 Å². The fourth-order valence-corrected chi connectivity index (χ4v) is 7.76. The number of ether oxygens (including phenoxy) is 1. The third kappa shape index (κ3) is 44.2. The van der Waals surface area contributed by atoms with Crippen LogP contribution in [0.5, 0.6) is 0 Å². The van der Waals surface area contributed by atoms with Crippen LogP contribution in [-0.2, 0) is 14.3 Å². The minimum absolute atomic E-state index is 0.0581. The first-order valence-electron chi connectivity index (χ1n) is 26.5. The fourth-order valence-electron chi connectivity index (χ4n) is 7.76. The molecule has 0 aromatic carbocycles. The molecule has 0 bridgehead atoms. The number of amides is 1. The minimum Gasteiger partial charge on any atom is -0.462 e. The molecule has 0 spiro atoms. The molecule has 1 amide bonds. The first-order valence-corrected chi connectivity index (χ1v) is 26.5. The molecule has 0 saturated carbocycles. The molecule has 0 aliphatic carbocycles. The Labute approximate surface area is 384 Å². The predicted molar refractivity (Wildman–Crippen MR) is 268 cm³/mol. The number of carbonyl (C=O) groups is 2. The highest BCUT2D eigenvalue weighted by Gasteiger charge is 2.24.